The van der Waals surface area contributed by atoms with Gasteiger partial charge in [0, 0.05) is 22.7 Å². The van der Waals surface area contributed by atoms with Crippen LogP contribution < -0.4 is 0 Å². The van der Waals surface area contributed by atoms with Gasteiger partial charge in [-0.05, 0) is 41.0 Å². The number of aromatic amines is 1. The molecule has 4 aromatic rings. The fraction of sp³-hybridized carbons (Fsp3) is 0. The van der Waals surface area contributed by atoms with Crippen LogP contribution in [0.3, 0.4) is 0 Å². The molecule has 4 rings (SSSR count). The first kappa shape index (κ1) is 13.4. The van der Waals surface area contributed by atoms with Crippen LogP contribution in [-0.4, -0.2) is 4.98 Å². The number of nitrogens with zero attached hydrogens (tertiary/aromatic N) is 1. The summed E-state index contributed by atoms with van der Waals surface area (Å²) < 4.78 is 0. The quantitative estimate of drug-likeness (QED) is 0.530. The highest BCUT2D eigenvalue weighted by molar-refractivity contribution is 5.97. The van der Waals surface area contributed by atoms with E-state index in [1.165, 1.54) is 16.5 Å². The fourth-order valence-corrected chi connectivity index (χ4v) is 2.89. The molecule has 108 valence electrons. The number of rotatable bonds is 2. The van der Waals surface area contributed by atoms with Crippen molar-refractivity contribution in [2.45, 2.75) is 0 Å². The molecule has 0 aliphatic carbocycles. The summed E-state index contributed by atoms with van der Waals surface area (Å²) in [4.78, 5) is 3.34. The van der Waals surface area contributed by atoms with Gasteiger partial charge in [-0.3, -0.25) is 0 Å². The summed E-state index contributed by atoms with van der Waals surface area (Å²) in [6, 6.07) is 26.7. The standard InChI is InChI=1S/C21H14N2/c22-13-15-6-8-16(9-7-15)18-10-11-21-19(12-18)20(14-23-21)17-4-2-1-3-5-17/h1-12,14,23H. The van der Waals surface area contributed by atoms with E-state index in [0.717, 1.165) is 16.6 Å². The Morgan fingerprint density at radius 3 is 2.22 bits per heavy atom. The summed E-state index contributed by atoms with van der Waals surface area (Å²) in [5.74, 6) is 0. The van der Waals surface area contributed by atoms with Crippen LogP contribution in [0.2, 0.25) is 0 Å². The van der Waals surface area contributed by atoms with E-state index in [1.807, 2.05) is 30.3 Å². The summed E-state index contributed by atoms with van der Waals surface area (Å²) in [6.45, 7) is 0. The maximum atomic E-state index is 8.92. The van der Waals surface area contributed by atoms with E-state index in [9.17, 15) is 0 Å². The number of aromatic nitrogens is 1. The summed E-state index contributed by atoms with van der Waals surface area (Å²) in [6.07, 6.45) is 2.06. The third-order valence-electron chi connectivity index (χ3n) is 4.11. The molecular weight excluding hydrogens is 280 g/mol. The Morgan fingerprint density at radius 1 is 0.739 bits per heavy atom. The Bertz CT molecular complexity index is 1000. The number of hydrogen-bond acceptors (Lipinski definition) is 1. The monoisotopic (exact) mass is 294 g/mol. The lowest BCUT2D eigenvalue weighted by atomic mass is 9.99. The Kier molecular flexibility index (Phi) is 3.18. The van der Waals surface area contributed by atoms with E-state index in [-0.39, 0.29) is 0 Å². The van der Waals surface area contributed by atoms with Gasteiger partial charge in [0.15, 0.2) is 0 Å². The van der Waals surface area contributed by atoms with E-state index in [2.05, 4.69) is 59.7 Å². The molecule has 0 radical (unpaired) electrons. The van der Waals surface area contributed by atoms with Crippen molar-refractivity contribution in [3.63, 3.8) is 0 Å². The number of benzene rings is 3. The zero-order chi connectivity index (χ0) is 15.6. The summed E-state index contributed by atoms with van der Waals surface area (Å²) in [5, 5.41) is 10.1. The van der Waals surface area contributed by atoms with Gasteiger partial charge in [-0.15, -0.1) is 0 Å². The minimum absolute atomic E-state index is 0.682. The van der Waals surface area contributed by atoms with E-state index in [4.69, 9.17) is 5.26 Å². The van der Waals surface area contributed by atoms with Gasteiger partial charge in [-0.25, -0.2) is 0 Å². The number of fused-ring (bicyclic) bond motifs is 1. The van der Waals surface area contributed by atoms with Gasteiger partial charge in [0.1, 0.15) is 0 Å². The van der Waals surface area contributed by atoms with Crippen molar-refractivity contribution in [2.75, 3.05) is 0 Å². The topological polar surface area (TPSA) is 39.6 Å². The minimum atomic E-state index is 0.682. The van der Waals surface area contributed by atoms with Crippen molar-refractivity contribution < 1.29 is 0 Å². The number of hydrogen-bond donors (Lipinski definition) is 1. The molecule has 2 nitrogen and oxygen atoms in total. The average Bonchev–Trinajstić information content (AvgIpc) is 3.05. The van der Waals surface area contributed by atoms with Gasteiger partial charge in [0.05, 0.1) is 11.6 Å². The molecule has 0 spiro atoms. The third-order valence-corrected chi connectivity index (χ3v) is 4.11. The average molecular weight is 294 g/mol. The summed E-state index contributed by atoms with van der Waals surface area (Å²) in [5.41, 5.74) is 6.49. The van der Waals surface area contributed by atoms with Crippen molar-refractivity contribution in [1.29, 1.82) is 5.26 Å². The molecule has 1 heterocycles. The molecular formula is C21H14N2. The predicted octanol–water partition coefficient (Wildman–Crippen LogP) is 5.37. The molecule has 1 aromatic heterocycles. The summed E-state index contributed by atoms with van der Waals surface area (Å²) >= 11 is 0. The molecule has 0 fully saturated rings. The first-order valence-electron chi connectivity index (χ1n) is 7.52. The molecule has 0 atom stereocenters. The highest BCUT2D eigenvalue weighted by atomic mass is 14.7. The van der Waals surface area contributed by atoms with E-state index in [1.54, 1.807) is 0 Å². The number of H-pyrrole nitrogens is 1. The minimum Gasteiger partial charge on any atom is -0.361 e. The lowest BCUT2D eigenvalue weighted by Crippen LogP contribution is -1.80. The fourth-order valence-electron chi connectivity index (χ4n) is 2.89. The molecule has 0 unspecified atom stereocenters. The van der Waals surface area contributed by atoms with Crippen molar-refractivity contribution >= 4 is 10.9 Å². The molecule has 1 N–H and O–H groups in total. The van der Waals surface area contributed by atoms with Gasteiger partial charge >= 0.3 is 0 Å². The first-order chi connectivity index (χ1) is 11.3. The van der Waals surface area contributed by atoms with Crippen molar-refractivity contribution in [2.24, 2.45) is 0 Å². The van der Waals surface area contributed by atoms with Gasteiger partial charge < -0.3 is 4.98 Å². The molecule has 0 aliphatic heterocycles. The normalized spacial score (nSPS) is 10.6. The van der Waals surface area contributed by atoms with Crippen LogP contribution in [0.15, 0.2) is 79.0 Å². The highest BCUT2D eigenvalue weighted by Crippen LogP contribution is 2.32. The van der Waals surface area contributed by atoms with Crippen molar-refractivity contribution in [3.8, 4) is 28.3 Å². The molecule has 0 aliphatic rings. The smallest absolute Gasteiger partial charge is 0.0991 e. The Hall–Kier alpha value is -3.31. The first-order valence-corrected chi connectivity index (χ1v) is 7.52. The maximum Gasteiger partial charge on any atom is 0.0991 e. The molecule has 3 aromatic carbocycles. The lowest BCUT2D eigenvalue weighted by molar-refractivity contribution is 1.47. The van der Waals surface area contributed by atoms with Crippen molar-refractivity contribution in [3.05, 3.63) is 84.6 Å². The molecule has 0 saturated carbocycles. The predicted molar refractivity (Wildman–Crippen MR) is 93.9 cm³/mol. The Balaban J connectivity index is 1.85. The highest BCUT2D eigenvalue weighted by Gasteiger charge is 2.07. The van der Waals surface area contributed by atoms with E-state index >= 15 is 0 Å². The SMILES string of the molecule is N#Cc1ccc(-c2ccc3[nH]cc(-c4ccccc4)c3c2)cc1. The molecule has 2 heteroatoms. The summed E-state index contributed by atoms with van der Waals surface area (Å²) in [7, 11) is 0. The van der Waals surface area contributed by atoms with Crippen LogP contribution in [0.25, 0.3) is 33.2 Å². The molecule has 0 amide bonds. The molecule has 0 saturated heterocycles. The van der Waals surface area contributed by atoms with E-state index < -0.39 is 0 Å². The second-order valence-corrected chi connectivity index (χ2v) is 5.52. The Morgan fingerprint density at radius 2 is 1.48 bits per heavy atom. The zero-order valence-electron chi connectivity index (χ0n) is 12.5. The third kappa shape index (κ3) is 2.39. The Labute approximate surface area is 134 Å². The second-order valence-electron chi connectivity index (χ2n) is 5.52. The number of nitrogens with one attached hydrogen (secondary N) is 1. The van der Waals surface area contributed by atoms with Gasteiger partial charge in [0.2, 0.25) is 0 Å². The van der Waals surface area contributed by atoms with Gasteiger partial charge in [-0.1, -0.05) is 48.5 Å². The van der Waals surface area contributed by atoms with Crippen LogP contribution in [0, 0.1) is 11.3 Å². The molecule has 23 heavy (non-hydrogen) atoms. The zero-order valence-corrected chi connectivity index (χ0v) is 12.5. The lowest BCUT2D eigenvalue weighted by Gasteiger charge is -2.04. The van der Waals surface area contributed by atoms with Gasteiger partial charge in [-0.2, -0.15) is 5.26 Å². The van der Waals surface area contributed by atoms with E-state index in [0.29, 0.717) is 5.56 Å². The van der Waals surface area contributed by atoms with Crippen LogP contribution in [0.1, 0.15) is 5.56 Å². The van der Waals surface area contributed by atoms with Crippen LogP contribution in [0.5, 0.6) is 0 Å². The van der Waals surface area contributed by atoms with Crippen LogP contribution in [0.4, 0.5) is 0 Å². The maximum absolute atomic E-state index is 8.92. The number of nitriles is 1. The van der Waals surface area contributed by atoms with Gasteiger partial charge in [0.25, 0.3) is 0 Å². The second kappa shape index (κ2) is 5.47. The van der Waals surface area contributed by atoms with Crippen LogP contribution >= 0.6 is 0 Å². The van der Waals surface area contributed by atoms with Crippen LogP contribution in [-0.2, 0) is 0 Å². The largest absolute Gasteiger partial charge is 0.361 e. The molecule has 0 bridgehead atoms. The van der Waals surface area contributed by atoms with Crippen molar-refractivity contribution in [1.82, 2.24) is 4.98 Å².